The van der Waals surface area contributed by atoms with Crippen LogP contribution in [0.1, 0.15) is 36.7 Å². The van der Waals surface area contributed by atoms with Crippen molar-refractivity contribution in [3.8, 4) is 5.88 Å². The number of rotatable bonds is 6. The fraction of sp³-hybridized carbons (Fsp3) is 0.348. The number of fused-ring (bicyclic) bond motifs is 1. The number of benzene rings is 1. The van der Waals surface area contributed by atoms with E-state index in [1.165, 1.54) is 6.20 Å². The van der Waals surface area contributed by atoms with Gasteiger partial charge in [-0.1, -0.05) is 30.7 Å². The highest BCUT2D eigenvalue weighted by molar-refractivity contribution is 6.30. The number of piperidine rings is 1. The highest BCUT2D eigenvalue weighted by Gasteiger charge is 2.30. The fourth-order valence-electron chi connectivity index (χ4n) is 3.77. The van der Waals surface area contributed by atoms with E-state index in [9.17, 15) is 14.4 Å². The van der Waals surface area contributed by atoms with Gasteiger partial charge in [-0.15, -0.1) is 0 Å². The zero-order valence-corrected chi connectivity index (χ0v) is 18.8. The number of nitrogens with one attached hydrogen (secondary N) is 2. The van der Waals surface area contributed by atoms with Crippen molar-refractivity contribution >= 4 is 34.4 Å². The number of likely N-dealkylation sites (tertiary alicyclic amines) is 1. The van der Waals surface area contributed by atoms with Gasteiger partial charge in [0.1, 0.15) is 12.1 Å². The van der Waals surface area contributed by atoms with Crippen LogP contribution in [-0.2, 0) is 4.79 Å². The van der Waals surface area contributed by atoms with E-state index in [0.717, 1.165) is 0 Å². The SMILES string of the molecule is CC[C@H](NC(=O)c1nc2ccccc2[nH]c1=O)C(=O)N1CCC(Oc2ccc(Cl)cn2)CC1. The maximum atomic E-state index is 13.0. The second kappa shape index (κ2) is 9.99. The maximum Gasteiger partial charge on any atom is 0.280 e. The molecule has 0 unspecified atom stereocenters. The molecule has 0 spiro atoms. The van der Waals surface area contributed by atoms with E-state index in [2.05, 4.69) is 20.3 Å². The van der Waals surface area contributed by atoms with Gasteiger partial charge in [0, 0.05) is 38.2 Å². The van der Waals surface area contributed by atoms with Crippen LogP contribution in [0.5, 0.6) is 5.88 Å². The van der Waals surface area contributed by atoms with Crippen molar-refractivity contribution in [1.82, 2.24) is 25.2 Å². The minimum Gasteiger partial charge on any atom is -0.474 e. The van der Waals surface area contributed by atoms with Crippen molar-refractivity contribution in [2.24, 2.45) is 0 Å². The number of nitrogens with zero attached hydrogens (tertiary/aromatic N) is 3. The first kappa shape index (κ1) is 22.7. The molecule has 1 atom stereocenters. The van der Waals surface area contributed by atoms with Gasteiger partial charge in [-0.2, -0.15) is 0 Å². The van der Waals surface area contributed by atoms with Crippen LogP contribution in [0.4, 0.5) is 0 Å². The molecule has 1 aliphatic heterocycles. The molecule has 2 N–H and O–H groups in total. The first-order chi connectivity index (χ1) is 15.9. The zero-order valence-electron chi connectivity index (χ0n) is 18.1. The topological polar surface area (TPSA) is 117 Å². The monoisotopic (exact) mass is 469 g/mol. The van der Waals surface area contributed by atoms with Crippen LogP contribution in [0.2, 0.25) is 5.02 Å². The zero-order chi connectivity index (χ0) is 23.4. The molecule has 3 aromatic rings. The highest BCUT2D eigenvalue weighted by atomic mass is 35.5. The molecule has 0 bridgehead atoms. The smallest absolute Gasteiger partial charge is 0.280 e. The number of hydrogen-bond donors (Lipinski definition) is 2. The van der Waals surface area contributed by atoms with Gasteiger partial charge in [0.25, 0.3) is 11.5 Å². The Labute approximate surface area is 195 Å². The number of H-pyrrole nitrogens is 1. The van der Waals surface area contributed by atoms with Crippen LogP contribution >= 0.6 is 11.6 Å². The third-order valence-corrected chi connectivity index (χ3v) is 5.79. The van der Waals surface area contributed by atoms with Crippen molar-refractivity contribution in [1.29, 1.82) is 0 Å². The van der Waals surface area contributed by atoms with Crippen molar-refractivity contribution in [2.45, 2.75) is 38.3 Å². The van der Waals surface area contributed by atoms with Crippen LogP contribution in [0.3, 0.4) is 0 Å². The van der Waals surface area contributed by atoms with Gasteiger partial charge < -0.3 is 19.9 Å². The fourth-order valence-corrected chi connectivity index (χ4v) is 3.88. The van der Waals surface area contributed by atoms with E-state index in [4.69, 9.17) is 16.3 Å². The molecule has 1 aliphatic rings. The Balaban J connectivity index is 1.36. The molecule has 1 saturated heterocycles. The number of halogens is 1. The Hall–Kier alpha value is -3.46. The average Bonchev–Trinajstić information content (AvgIpc) is 2.83. The molecule has 0 saturated carbocycles. The Bertz CT molecular complexity index is 1210. The van der Waals surface area contributed by atoms with Crippen LogP contribution in [0.25, 0.3) is 11.0 Å². The summed E-state index contributed by atoms with van der Waals surface area (Å²) in [5.41, 5.74) is 0.185. The quantitative estimate of drug-likeness (QED) is 0.573. The summed E-state index contributed by atoms with van der Waals surface area (Å²) in [5, 5.41) is 3.21. The number of para-hydroxylation sites is 2. The van der Waals surface area contributed by atoms with Crippen LogP contribution in [-0.4, -0.2) is 56.9 Å². The molecule has 1 aromatic carbocycles. The molecular formula is C23H24ClN5O4. The van der Waals surface area contributed by atoms with Gasteiger partial charge in [0.2, 0.25) is 11.8 Å². The molecule has 2 amide bonds. The Morgan fingerprint density at radius 1 is 1.24 bits per heavy atom. The minimum absolute atomic E-state index is 0.0576. The second-order valence-corrected chi connectivity index (χ2v) is 8.26. The van der Waals surface area contributed by atoms with Crippen LogP contribution in [0, 0.1) is 0 Å². The Morgan fingerprint density at radius 2 is 2.00 bits per heavy atom. The van der Waals surface area contributed by atoms with Gasteiger partial charge in [-0.25, -0.2) is 9.97 Å². The van der Waals surface area contributed by atoms with Gasteiger partial charge in [0.05, 0.1) is 16.1 Å². The number of aromatic amines is 1. The standard InChI is InChI=1S/C23H24ClN5O4/c1-2-16(27-21(30)20-22(31)28-18-6-4-3-5-17(18)26-20)23(32)29-11-9-15(10-12-29)33-19-8-7-14(24)13-25-19/h3-8,13,15-16H,2,9-12H2,1H3,(H,27,30)(H,28,31)/t16-/m0/s1. The summed E-state index contributed by atoms with van der Waals surface area (Å²) in [4.78, 5) is 50.8. The predicted molar refractivity (Wildman–Crippen MR) is 123 cm³/mol. The number of ether oxygens (including phenoxy) is 1. The number of carbonyl (C=O) groups is 2. The van der Waals surface area contributed by atoms with Gasteiger partial charge >= 0.3 is 0 Å². The van der Waals surface area contributed by atoms with E-state index in [0.29, 0.717) is 54.3 Å². The molecule has 10 heteroatoms. The van der Waals surface area contributed by atoms with E-state index in [-0.39, 0.29) is 17.7 Å². The van der Waals surface area contributed by atoms with Crippen molar-refractivity contribution in [2.75, 3.05) is 13.1 Å². The molecule has 2 aromatic heterocycles. The number of aromatic nitrogens is 3. The van der Waals surface area contributed by atoms with Crippen molar-refractivity contribution in [3.63, 3.8) is 0 Å². The summed E-state index contributed by atoms with van der Waals surface area (Å²) in [5.74, 6) is -0.364. The molecule has 9 nitrogen and oxygen atoms in total. The van der Waals surface area contributed by atoms with E-state index >= 15 is 0 Å². The lowest BCUT2D eigenvalue weighted by atomic mass is 10.1. The first-order valence-electron chi connectivity index (χ1n) is 10.8. The molecule has 172 valence electrons. The lowest BCUT2D eigenvalue weighted by Crippen LogP contribution is -2.52. The second-order valence-electron chi connectivity index (χ2n) is 7.82. The number of hydrogen-bond acceptors (Lipinski definition) is 6. The summed E-state index contributed by atoms with van der Waals surface area (Å²) in [7, 11) is 0. The maximum absolute atomic E-state index is 13.0. The molecule has 4 rings (SSSR count). The molecule has 0 aliphatic carbocycles. The average molecular weight is 470 g/mol. The van der Waals surface area contributed by atoms with Crippen molar-refractivity contribution < 1.29 is 14.3 Å². The van der Waals surface area contributed by atoms with Gasteiger partial charge in [-0.3, -0.25) is 14.4 Å². The van der Waals surface area contributed by atoms with E-state index in [1.54, 1.807) is 41.3 Å². The summed E-state index contributed by atoms with van der Waals surface area (Å²) in [6.45, 7) is 2.81. The molecule has 3 heterocycles. The number of amides is 2. The highest BCUT2D eigenvalue weighted by Crippen LogP contribution is 2.19. The lowest BCUT2D eigenvalue weighted by Gasteiger charge is -2.34. The summed E-state index contributed by atoms with van der Waals surface area (Å²) in [6, 6.07) is 9.63. The molecule has 33 heavy (non-hydrogen) atoms. The number of carbonyl (C=O) groups excluding carboxylic acids is 2. The summed E-state index contributed by atoms with van der Waals surface area (Å²) < 4.78 is 5.87. The van der Waals surface area contributed by atoms with E-state index < -0.39 is 17.5 Å². The minimum atomic E-state index is -0.749. The van der Waals surface area contributed by atoms with Gasteiger partial charge in [-0.05, 0) is 24.6 Å². The van der Waals surface area contributed by atoms with E-state index in [1.807, 2.05) is 6.92 Å². The first-order valence-corrected chi connectivity index (χ1v) is 11.2. The third kappa shape index (κ3) is 5.31. The van der Waals surface area contributed by atoms with Crippen LogP contribution in [0.15, 0.2) is 47.4 Å². The van der Waals surface area contributed by atoms with Gasteiger partial charge in [0.15, 0.2) is 5.69 Å². The van der Waals surface area contributed by atoms with Crippen LogP contribution < -0.4 is 15.6 Å². The number of pyridine rings is 1. The molecule has 0 radical (unpaired) electrons. The Kier molecular flexibility index (Phi) is 6.88. The normalized spacial score (nSPS) is 15.3. The molecular weight excluding hydrogens is 446 g/mol. The summed E-state index contributed by atoms with van der Waals surface area (Å²) >= 11 is 5.85. The lowest BCUT2D eigenvalue weighted by molar-refractivity contribution is -0.135. The van der Waals surface area contributed by atoms with Crippen molar-refractivity contribution in [3.05, 3.63) is 63.7 Å². The molecule has 1 fully saturated rings. The third-order valence-electron chi connectivity index (χ3n) is 5.57. The predicted octanol–water partition coefficient (Wildman–Crippen LogP) is 2.55. The Morgan fingerprint density at radius 3 is 2.70 bits per heavy atom. The largest absolute Gasteiger partial charge is 0.474 e. The summed E-state index contributed by atoms with van der Waals surface area (Å²) in [6.07, 6.45) is 3.15.